The Morgan fingerprint density at radius 2 is 1.96 bits per heavy atom. The second-order valence-corrected chi connectivity index (χ2v) is 7.41. The van der Waals surface area contributed by atoms with Crippen molar-refractivity contribution in [3.8, 4) is 0 Å². The van der Waals surface area contributed by atoms with Crippen LogP contribution in [0.2, 0.25) is 0 Å². The molecule has 0 spiro atoms. The van der Waals surface area contributed by atoms with Gasteiger partial charge in [0, 0.05) is 0 Å². The Kier molecular flexibility index (Phi) is 4.74. The molecule has 2 aromatic carbocycles. The van der Waals surface area contributed by atoms with Gasteiger partial charge in [-0.1, -0.05) is 53.8 Å². The molecule has 6 heteroatoms. The highest BCUT2D eigenvalue weighted by Gasteiger charge is 2.34. The monoisotopic (exact) mass is 369 g/mol. The van der Waals surface area contributed by atoms with Gasteiger partial charge >= 0.3 is 5.97 Å². The maximum Gasteiger partial charge on any atom is 0.335 e. The number of benzene rings is 2. The molecule has 3 rings (SSSR count). The van der Waals surface area contributed by atoms with Crippen LogP contribution in [0.3, 0.4) is 0 Å². The van der Waals surface area contributed by atoms with Crippen LogP contribution >= 0.6 is 24.0 Å². The molecule has 0 aromatic heterocycles. The summed E-state index contributed by atoms with van der Waals surface area (Å²) in [5.41, 5.74) is 3.70. The van der Waals surface area contributed by atoms with E-state index in [1.165, 1.54) is 28.8 Å². The van der Waals surface area contributed by atoms with Crippen LogP contribution in [0.1, 0.15) is 27.0 Å². The standard InChI is InChI=1S/C19H15NO3S2/c1-11-6-7-15(12(2)8-11)20-17(21)16(25-19(20)24)10-13-4-3-5-14(9-13)18(22)23/h3-10H,1-2H3,(H,22,23)/b16-10+. The van der Waals surface area contributed by atoms with Crippen molar-refractivity contribution in [2.24, 2.45) is 0 Å². The van der Waals surface area contributed by atoms with E-state index in [1.54, 1.807) is 18.2 Å². The summed E-state index contributed by atoms with van der Waals surface area (Å²) in [6, 6.07) is 12.3. The zero-order valence-corrected chi connectivity index (χ0v) is 15.3. The van der Waals surface area contributed by atoms with E-state index < -0.39 is 5.97 Å². The first-order valence-corrected chi connectivity index (χ1v) is 8.78. The summed E-state index contributed by atoms with van der Waals surface area (Å²) in [5.74, 6) is -1.19. The summed E-state index contributed by atoms with van der Waals surface area (Å²) >= 11 is 6.61. The number of carbonyl (C=O) groups is 2. The Balaban J connectivity index is 1.96. The normalized spacial score (nSPS) is 15.9. The number of carboxylic acid groups (broad SMARTS) is 1. The molecule has 1 aliphatic heterocycles. The lowest BCUT2D eigenvalue weighted by atomic mass is 10.1. The van der Waals surface area contributed by atoms with Crippen LogP contribution < -0.4 is 4.90 Å². The van der Waals surface area contributed by atoms with Crippen molar-refractivity contribution in [1.82, 2.24) is 0 Å². The van der Waals surface area contributed by atoms with Gasteiger partial charge in [0.15, 0.2) is 4.32 Å². The Bertz CT molecular complexity index is 934. The molecule has 1 N–H and O–H groups in total. The van der Waals surface area contributed by atoms with Gasteiger partial charge in [0.05, 0.1) is 16.2 Å². The van der Waals surface area contributed by atoms with E-state index in [0.717, 1.165) is 16.8 Å². The largest absolute Gasteiger partial charge is 0.478 e. The van der Waals surface area contributed by atoms with E-state index in [0.29, 0.717) is 14.8 Å². The van der Waals surface area contributed by atoms with Gasteiger partial charge in [-0.2, -0.15) is 0 Å². The summed E-state index contributed by atoms with van der Waals surface area (Å²) in [5, 5.41) is 9.09. The molecule has 2 aromatic rings. The first-order chi connectivity index (χ1) is 11.9. The Hall–Kier alpha value is -2.44. The third-order valence-electron chi connectivity index (χ3n) is 3.82. The van der Waals surface area contributed by atoms with Crippen LogP contribution in [0.15, 0.2) is 47.4 Å². The first kappa shape index (κ1) is 17.4. The zero-order valence-electron chi connectivity index (χ0n) is 13.6. The fraction of sp³-hybridized carbons (Fsp3) is 0.105. The van der Waals surface area contributed by atoms with Gasteiger partial charge in [0.1, 0.15) is 0 Å². The SMILES string of the molecule is Cc1ccc(N2C(=O)/C(=C\c3cccc(C(=O)O)c3)SC2=S)c(C)c1. The number of carbonyl (C=O) groups excluding carboxylic acids is 1. The van der Waals surface area contributed by atoms with Crippen molar-refractivity contribution in [3.63, 3.8) is 0 Å². The summed E-state index contributed by atoms with van der Waals surface area (Å²) in [7, 11) is 0. The minimum absolute atomic E-state index is 0.179. The van der Waals surface area contributed by atoms with E-state index >= 15 is 0 Å². The average Bonchev–Trinajstić information content (AvgIpc) is 2.82. The van der Waals surface area contributed by atoms with Crippen molar-refractivity contribution in [1.29, 1.82) is 0 Å². The highest BCUT2D eigenvalue weighted by Crippen LogP contribution is 2.37. The van der Waals surface area contributed by atoms with E-state index in [4.69, 9.17) is 17.3 Å². The molecule has 1 amide bonds. The molecule has 126 valence electrons. The van der Waals surface area contributed by atoms with Crippen LogP contribution in [-0.2, 0) is 4.79 Å². The van der Waals surface area contributed by atoms with Gasteiger partial charge in [-0.3, -0.25) is 9.69 Å². The molecule has 4 nitrogen and oxygen atoms in total. The summed E-state index contributed by atoms with van der Waals surface area (Å²) in [4.78, 5) is 25.9. The molecule has 1 saturated heterocycles. The topological polar surface area (TPSA) is 57.6 Å². The van der Waals surface area contributed by atoms with E-state index in [9.17, 15) is 9.59 Å². The van der Waals surface area contributed by atoms with Crippen LogP contribution in [0.5, 0.6) is 0 Å². The number of aryl methyl sites for hydroxylation is 2. The van der Waals surface area contributed by atoms with Gasteiger partial charge in [0.25, 0.3) is 5.91 Å². The minimum atomic E-state index is -1.00. The maximum atomic E-state index is 12.8. The average molecular weight is 369 g/mol. The molecular formula is C19H15NO3S2. The number of aromatic carboxylic acids is 1. The number of amides is 1. The van der Waals surface area contributed by atoms with Gasteiger partial charge < -0.3 is 5.11 Å². The smallest absolute Gasteiger partial charge is 0.335 e. The first-order valence-electron chi connectivity index (χ1n) is 7.55. The number of hydrogen-bond donors (Lipinski definition) is 1. The number of thioether (sulfide) groups is 1. The number of nitrogens with zero attached hydrogens (tertiary/aromatic N) is 1. The number of thiocarbonyl (C=S) groups is 1. The third kappa shape index (κ3) is 3.50. The summed E-state index contributed by atoms with van der Waals surface area (Å²) < 4.78 is 0.470. The van der Waals surface area contributed by atoms with E-state index in [-0.39, 0.29) is 11.5 Å². The zero-order chi connectivity index (χ0) is 18.1. The second-order valence-electron chi connectivity index (χ2n) is 5.74. The van der Waals surface area contributed by atoms with Crippen LogP contribution in [-0.4, -0.2) is 21.3 Å². The molecule has 0 bridgehead atoms. The molecule has 0 atom stereocenters. The minimum Gasteiger partial charge on any atom is -0.478 e. The second kappa shape index (κ2) is 6.82. The van der Waals surface area contributed by atoms with E-state index in [1.807, 2.05) is 32.0 Å². The predicted molar refractivity (Wildman–Crippen MR) is 105 cm³/mol. The lowest BCUT2D eigenvalue weighted by Gasteiger charge is -2.17. The highest BCUT2D eigenvalue weighted by atomic mass is 32.2. The molecule has 1 fully saturated rings. The fourth-order valence-corrected chi connectivity index (χ4v) is 3.93. The lowest BCUT2D eigenvalue weighted by Crippen LogP contribution is -2.28. The van der Waals surface area contributed by atoms with Crippen molar-refractivity contribution < 1.29 is 14.7 Å². The Labute approximate surface area is 155 Å². The van der Waals surface area contributed by atoms with Crippen LogP contribution in [0.4, 0.5) is 5.69 Å². The molecule has 1 aliphatic rings. The highest BCUT2D eigenvalue weighted by molar-refractivity contribution is 8.27. The van der Waals surface area contributed by atoms with Crippen molar-refractivity contribution in [2.45, 2.75) is 13.8 Å². The molecule has 0 saturated carbocycles. The van der Waals surface area contributed by atoms with Crippen molar-refractivity contribution in [2.75, 3.05) is 4.90 Å². The molecule has 0 radical (unpaired) electrons. The van der Waals surface area contributed by atoms with Gasteiger partial charge in [-0.25, -0.2) is 4.79 Å². The van der Waals surface area contributed by atoms with Gasteiger partial charge in [-0.15, -0.1) is 0 Å². The summed E-state index contributed by atoms with van der Waals surface area (Å²) in [6.07, 6.45) is 1.68. The lowest BCUT2D eigenvalue weighted by molar-refractivity contribution is -0.113. The number of rotatable bonds is 3. The maximum absolute atomic E-state index is 12.8. The Morgan fingerprint density at radius 3 is 2.64 bits per heavy atom. The van der Waals surface area contributed by atoms with E-state index in [2.05, 4.69) is 0 Å². The fourth-order valence-electron chi connectivity index (χ4n) is 2.64. The molecular weight excluding hydrogens is 354 g/mol. The third-order valence-corrected chi connectivity index (χ3v) is 5.12. The number of hydrogen-bond acceptors (Lipinski definition) is 4. The molecule has 0 aliphatic carbocycles. The number of carboxylic acids is 1. The van der Waals surface area contributed by atoms with Crippen molar-refractivity contribution in [3.05, 3.63) is 69.6 Å². The van der Waals surface area contributed by atoms with Gasteiger partial charge in [0.2, 0.25) is 0 Å². The quantitative estimate of drug-likeness (QED) is 0.642. The predicted octanol–water partition coefficient (Wildman–Crippen LogP) is 4.41. The van der Waals surface area contributed by atoms with Crippen LogP contribution in [0.25, 0.3) is 6.08 Å². The van der Waals surface area contributed by atoms with Crippen LogP contribution in [0, 0.1) is 13.8 Å². The summed E-state index contributed by atoms with van der Waals surface area (Å²) in [6.45, 7) is 3.94. The molecule has 0 unspecified atom stereocenters. The Morgan fingerprint density at radius 1 is 1.20 bits per heavy atom. The molecule has 25 heavy (non-hydrogen) atoms. The molecule has 1 heterocycles. The van der Waals surface area contributed by atoms with Crippen molar-refractivity contribution >= 4 is 51.9 Å². The van der Waals surface area contributed by atoms with Gasteiger partial charge in [-0.05, 0) is 49.2 Å². The number of anilines is 1.